The maximum Gasteiger partial charge on any atom is 0.162 e. The van der Waals surface area contributed by atoms with Crippen molar-refractivity contribution < 1.29 is 4.74 Å². The number of hydrogen-bond acceptors (Lipinski definition) is 1. The zero-order valence-corrected chi connectivity index (χ0v) is 5.80. The number of halogens is 2. The summed E-state index contributed by atoms with van der Waals surface area (Å²) in [5.41, 5.74) is 0. The Hall–Kier alpha value is 0.540. The van der Waals surface area contributed by atoms with Crippen LogP contribution in [0.3, 0.4) is 0 Å². The summed E-state index contributed by atoms with van der Waals surface area (Å²) in [5, 5.41) is -0.464. The lowest BCUT2D eigenvalue weighted by Gasteiger charge is -1.99. The predicted molar refractivity (Wildman–Crippen MR) is 32.4 cm³/mol. The minimum absolute atomic E-state index is 0.186. The van der Waals surface area contributed by atoms with Gasteiger partial charge in [-0.25, -0.2) is 0 Å². The van der Waals surface area contributed by atoms with Crippen molar-refractivity contribution in [2.24, 2.45) is 0 Å². The lowest BCUT2D eigenvalue weighted by atomic mass is 10.3. The second kappa shape index (κ2) is 1.18. The zero-order valence-electron chi connectivity index (χ0n) is 4.29. The molecule has 0 spiro atoms. The predicted octanol–water partition coefficient (Wildman–Crippen LogP) is 1.72. The van der Waals surface area contributed by atoms with Crippen LogP contribution < -0.4 is 0 Å². The van der Waals surface area contributed by atoms with Gasteiger partial charge in [0.1, 0.15) is 0 Å². The van der Waals surface area contributed by atoms with Crippen molar-refractivity contribution in [3.8, 4) is 0 Å². The van der Waals surface area contributed by atoms with E-state index in [1.165, 1.54) is 0 Å². The molecule has 46 valence electrons. The number of rotatable bonds is 0. The molecule has 8 heavy (non-hydrogen) atoms. The van der Waals surface area contributed by atoms with E-state index in [0.29, 0.717) is 0 Å². The number of hydrogen-bond donors (Lipinski definition) is 0. The van der Waals surface area contributed by atoms with Crippen molar-refractivity contribution in [2.75, 3.05) is 6.61 Å². The molecule has 0 N–H and O–H groups in total. The van der Waals surface area contributed by atoms with Crippen LogP contribution in [0.4, 0.5) is 0 Å². The van der Waals surface area contributed by atoms with Crippen molar-refractivity contribution in [3.63, 3.8) is 0 Å². The van der Waals surface area contributed by atoms with Crippen molar-refractivity contribution in [2.45, 2.75) is 22.8 Å². The van der Waals surface area contributed by atoms with E-state index in [4.69, 9.17) is 27.9 Å². The van der Waals surface area contributed by atoms with Crippen LogP contribution in [0.5, 0.6) is 0 Å². The Kier molecular flexibility index (Phi) is 0.786. The lowest BCUT2D eigenvalue weighted by Crippen LogP contribution is -2.05. The molecular weight excluding hydrogens is 147 g/mol. The van der Waals surface area contributed by atoms with Gasteiger partial charge in [-0.05, 0) is 6.42 Å². The Morgan fingerprint density at radius 1 is 1.38 bits per heavy atom. The third kappa shape index (κ3) is 0.433. The van der Waals surface area contributed by atoms with Crippen molar-refractivity contribution in [3.05, 3.63) is 0 Å². The molecule has 1 aliphatic heterocycles. The molecule has 2 unspecified atom stereocenters. The molecule has 1 aliphatic carbocycles. The normalized spacial score (nSPS) is 60.8. The van der Waals surface area contributed by atoms with Crippen LogP contribution in [0.25, 0.3) is 0 Å². The highest BCUT2D eigenvalue weighted by molar-refractivity contribution is 6.39. The number of alkyl halides is 2. The highest BCUT2D eigenvalue weighted by Crippen LogP contribution is 2.64. The molecule has 2 atom stereocenters. The Labute approximate surface area is 57.9 Å². The lowest BCUT2D eigenvalue weighted by molar-refractivity contribution is 0.127. The fourth-order valence-electron chi connectivity index (χ4n) is 1.15. The van der Waals surface area contributed by atoms with Crippen LogP contribution in [0.2, 0.25) is 0 Å². The summed E-state index contributed by atoms with van der Waals surface area (Å²) in [6.45, 7) is 0.729. The average Bonchev–Trinajstić information content (AvgIpc) is 2.00. The second-order valence-corrected chi connectivity index (χ2v) is 3.80. The van der Waals surface area contributed by atoms with E-state index in [1.54, 1.807) is 0 Å². The first-order chi connectivity index (χ1) is 3.66. The molecule has 0 aromatic rings. The van der Waals surface area contributed by atoms with Gasteiger partial charge in [0, 0.05) is 6.42 Å². The van der Waals surface area contributed by atoms with E-state index in [-0.39, 0.29) is 4.87 Å². The van der Waals surface area contributed by atoms with Gasteiger partial charge in [-0.15, -0.1) is 11.6 Å². The first-order valence-corrected chi connectivity index (χ1v) is 3.44. The molecule has 1 saturated carbocycles. The molecule has 2 rings (SSSR count). The van der Waals surface area contributed by atoms with Crippen LogP contribution in [0.1, 0.15) is 12.8 Å². The second-order valence-electron chi connectivity index (χ2n) is 2.47. The third-order valence-electron chi connectivity index (χ3n) is 1.88. The van der Waals surface area contributed by atoms with Gasteiger partial charge in [-0.2, -0.15) is 0 Å². The van der Waals surface area contributed by atoms with Crippen molar-refractivity contribution >= 4 is 23.2 Å². The van der Waals surface area contributed by atoms with Gasteiger partial charge in [-0.1, -0.05) is 11.6 Å². The topological polar surface area (TPSA) is 9.23 Å². The van der Waals surface area contributed by atoms with Gasteiger partial charge in [0.05, 0.1) is 11.5 Å². The number of ether oxygens (including phenoxy) is 1. The summed E-state index contributed by atoms with van der Waals surface area (Å²) in [4.78, 5) is -0.186. The highest BCUT2D eigenvalue weighted by Gasteiger charge is 2.70. The van der Waals surface area contributed by atoms with Crippen LogP contribution in [-0.2, 0) is 4.74 Å². The van der Waals surface area contributed by atoms with Gasteiger partial charge >= 0.3 is 0 Å². The SMILES string of the molecule is ClC12CCOC1(Cl)C2. The molecule has 0 aromatic carbocycles. The molecule has 2 fully saturated rings. The average molecular weight is 153 g/mol. The van der Waals surface area contributed by atoms with Crippen molar-refractivity contribution in [1.82, 2.24) is 0 Å². The first kappa shape index (κ1) is 5.33. The molecule has 3 heteroatoms. The summed E-state index contributed by atoms with van der Waals surface area (Å²) < 4.78 is 5.15. The van der Waals surface area contributed by atoms with E-state index >= 15 is 0 Å². The Balaban J connectivity index is 2.26. The molecule has 1 saturated heterocycles. The fraction of sp³-hybridized carbons (Fsp3) is 1.00. The molecule has 2 aliphatic rings. The molecule has 0 bridgehead atoms. The maximum absolute atomic E-state index is 5.93. The zero-order chi connectivity index (χ0) is 5.83. The summed E-state index contributed by atoms with van der Waals surface area (Å²) in [7, 11) is 0. The highest BCUT2D eigenvalue weighted by atomic mass is 35.5. The van der Waals surface area contributed by atoms with E-state index in [2.05, 4.69) is 0 Å². The quantitative estimate of drug-likeness (QED) is 0.481. The molecule has 0 amide bonds. The van der Waals surface area contributed by atoms with E-state index in [1.807, 2.05) is 0 Å². The van der Waals surface area contributed by atoms with Crippen LogP contribution in [0, 0.1) is 0 Å². The molecule has 1 nitrogen and oxygen atoms in total. The van der Waals surface area contributed by atoms with Gasteiger partial charge in [0.15, 0.2) is 5.06 Å². The smallest absolute Gasteiger partial charge is 0.162 e. The Bertz CT molecular complexity index is 116. The van der Waals surface area contributed by atoms with Gasteiger partial charge in [0.25, 0.3) is 0 Å². The minimum atomic E-state index is -0.464. The van der Waals surface area contributed by atoms with E-state index < -0.39 is 5.06 Å². The van der Waals surface area contributed by atoms with Crippen LogP contribution >= 0.6 is 23.2 Å². The summed E-state index contributed by atoms with van der Waals surface area (Å²) in [6, 6.07) is 0. The van der Waals surface area contributed by atoms with Crippen molar-refractivity contribution in [1.29, 1.82) is 0 Å². The van der Waals surface area contributed by atoms with Gasteiger partial charge in [-0.3, -0.25) is 0 Å². The summed E-state index contributed by atoms with van der Waals surface area (Å²) >= 11 is 11.8. The Morgan fingerprint density at radius 2 is 2.12 bits per heavy atom. The Morgan fingerprint density at radius 3 is 2.25 bits per heavy atom. The standard InChI is InChI=1S/C5H6Cl2O/c6-4-1-2-8-5(4,7)3-4/h1-3H2. The molecule has 0 aromatic heterocycles. The molecule has 0 radical (unpaired) electrons. The van der Waals surface area contributed by atoms with Gasteiger partial charge in [0.2, 0.25) is 0 Å². The fourth-order valence-corrected chi connectivity index (χ4v) is 1.93. The van der Waals surface area contributed by atoms with E-state index in [9.17, 15) is 0 Å². The minimum Gasteiger partial charge on any atom is -0.358 e. The van der Waals surface area contributed by atoms with E-state index in [0.717, 1.165) is 19.4 Å². The third-order valence-corrected chi connectivity index (χ3v) is 3.21. The summed E-state index contributed by atoms with van der Waals surface area (Å²) in [5.74, 6) is 0. The van der Waals surface area contributed by atoms with Crippen LogP contribution in [0.15, 0.2) is 0 Å². The first-order valence-electron chi connectivity index (χ1n) is 2.68. The van der Waals surface area contributed by atoms with Crippen LogP contribution in [-0.4, -0.2) is 16.5 Å². The number of fused-ring (bicyclic) bond motifs is 1. The largest absolute Gasteiger partial charge is 0.358 e. The van der Waals surface area contributed by atoms with Gasteiger partial charge < -0.3 is 4.74 Å². The molecule has 1 heterocycles. The summed E-state index contributed by atoms with van der Waals surface area (Å²) in [6.07, 6.45) is 1.74. The molecular formula is C5H6Cl2O. The maximum atomic E-state index is 5.93. The monoisotopic (exact) mass is 152 g/mol.